The summed E-state index contributed by atoms with van der Waals surface area (Å²) in [5, 5.41) is 4.12. The van der Waals surface area contributed by atoms with Crippen molar-refractivity contribution in [3.8, 4) is 0 Å². The van der Waals surface area contributed by atoms with E-state index in [0.29, 0.717) is 31.2 Å². The van der Waals surface area contributed by atoms with Gasteiger partial charge in [-0.2, -0.15) is 4.98 Å². The Hall–Kier alpha value is -2.21. The van der Waals surface area contributed by atoms with Crippen molar-refractivity contribution in [1.82, 2.24) is 15.0 Å². The minimum Gasteiger partial charge on any atom is -0.339 e. The third-order valence-corrected chi connectivity index (χ3v) is 4.08. The topological polar surface area (TPSA) is 68.2 Å². The second kappa shape index (κ2) is 10.7. The quantitative estimate of drug-likeness (QED) is 0.625. The highest BCUT2D eigenvalue weighted by Gasteiger charge is 2.12. The lowest BCUT2D eigenvalue weighted by Gasteiger charge is -2.19. The highest BCUT2D eigenvalue weighted by molar-refractivity contribution is 5.85. The predicted octanol–water partition coefficient (Wildman–Crippen LogP) is 3.09. The van der Waals surface area contributed by atoms with Gasteiger partial charge in [0.25, 0.3) is 0 Å². The summed E-state index contributed by atoms with van der Waals surface area (Å²) >= 11 is 0. The number of aromatic nitrogens is 2. The van der Waals surface area contributed by atoms with Crippen LogP contribution in [0.3, 0.4) is 0 Å². The molecule has 26 heavy (non-hydrogen) atoms. The van der Waals surface area contributed by atoms with Crippen LogP contribution < -0.4 is 5.73 Å². The number of nitrogens with zero attached hydrogens (tertiary/aromatic N) is 3. The lowest BCUT2D eigenvalue weighted by Crippen LogP contribution is -2.31. The van der Waals surface area contributed by atoms with Crippen molar-refractivity contribution in [3.05, 3.63) is 83.5 Å². The van der Waals surface area contributed by atoms with Gasteiger partial charge in [0.2, 0.25) is 5.89 Å². The SMILES string of the molecule is Cl.NCCN(CCc1ccccc1)Cc1noc(Cc2ccccc2)n1. The minimum atomic E-state index is 0. The first-order valence-corrected chi connectivity index (χ1v) is 8.65. The smallest absolute Gasteiger partial charge is 0.231 e. The van der Waals surface area contributed by atoms with Crippen LogP contribution in [0.1, 0.15) is 22.8 Å². The van der Waals surface area contributed by atoms with Crippen molar-refractivity contribution < 1.29 is 4.52 Å². The molecule has 0 aliphatic heterocycles. The molecule has 0 radical (unpaired) electrons. The van der Waals surface area contributed by atoms with E-state index < -0.39 is 0 Å². The summed E-state index contributed by atoms with van der Waals surface area (Å²) in [6.45, 7) is 3.00. The maximum atomic E-state index is 5.75. The van der Waals surface area contributed by atoms with Crippen molar-refractivity contribution in [2.24, 2.45) is 5.73 Å². The number of benzene rings is 2. The molecule has 0 fully saturated rings. The number of hydrogen-bond acceptors (Lipinski definition) is 5. The van der Waals surface area contributed by atoms with E-state index in [1.165, 1.54) is 11.1 Å². The van der Waals surface area contributed by atoms with Crippen LogP contribution >= 0.6 is 12.4 Å². The Morgan fingerprint density at radius 2 is 1.54 bits per heavy atom. The first-order valence-electron chi connectivity index (χ1n) is 8.65. The Balaban J connectivity index is 0.00000243. The van der Waals surface area contributed by atoms with Gasteiger partial charge in [0, 0.05) is 19.6 Å². The van der Waals surface area contributed by atoms with Gasteiger partial charge in [-0.05, 0) is 17.5 Å². The maximum Gasteiger partial charge on any atom is 0.231 e. The largest absolute Gasteiger partial charge is 0.339 e. The summed E-state index contributed by atoms with van der Waals surface area (Å²) in [6.07, 6.45) is 1.64. The van der Waals surface area contributed by atoms with Crippen LogP contribution in [-0.4, -0.2) is 34.7 Å². The summed E-state index contributed by atoms with van der Waals surface area (Å²) in [4.78, 5) is 6.79. The number of nitrogens with two attached hydrogens (primary N) is 1. The van der Waals surface area contributed by atoms with E-state index in [1.807, 2.05) is 24.3 Å². The molecule has 138 valence electrons. The van der Waals surface area contributed by atoms with E-state index >= 15 is 0 Å². The number of rotatable bonds is 9. The zero-order valence-corrected chi connectivity index (χ0v) is 15.6. The van der Waals surface area contributed by atoms with Crippen LogP contribution in [-0.2, 0) is 19.4 Å². The Labute approximate surface area is 160 Å². The Bertz CT molecular complexity index is 749. The summed E-state index contributed by atoms with van der Waals surface area (Å²) in [6, 6.07) is 20.6. The third-order valence-electron chi connectivity index (χ3n) is 4.08. The van der Waals surface area contributed by atoms with Gasteiger partial charge in [-0.1, -0.05) is 65.8 Å². The monoisotopic (exact) mass is 372 g/mol. The molecule has 0 atom stereocenters. The van der Waals surface area contributed by atoms with Gasteiger partial charge in [-0.3, -0.25) is 4.90 Å². The molecule has 1 aromatic heterocycles. The minimum absolute atomic E-state index is 0. The first kappa shape index (κ1) is 20.1. The van der Waals surface area contributed by atoms with Gasteiger partial charge in [-0.25, -0.2) is 0 Å². The molecule has 0 amide bonds. The van der Waals surface area contributed by atoms with Gasteiger partial charge in [0.1, 0.15) is 0 Å². The molecule has 3 aromatic rings. The second-order valence-corrected chi connectivity index (χ2v) is 6.07. The zero-order valence-electron chi connectivity index (χ0n) is 14.8. The Kier molecular flexibility index (Phi) is 8.28. The molecule has 6 heteroatoms. The number of halogens is 1. The molecule has 0 bridgehead atoms. The zero-order chi connectivity index (χ0) is 17.3. The fourth-order valence-corrected chi connectivity index (χ4v) is 2.78. The molecule has 0 aliphatic rings. The van der Waals surface area contributed by atoms with E-state index in [1.54, 1.807) is 0 Å². The van der Waals surface area contributed by atoms with Gasteiger partial charge in [0.15, 0.2) is 5.82 Å². The first-order chi connectivity index (χ1) is 12.3. The molecule has 2 aromatic carbocycles. The Morgan fingerprint density at radius 3 is 2.19 bits per heavy atom. The summed E-state index contributed by atoms with van der Waals surface area (Å²) < 4.78 is 5.39. The summed E-state index contributed by atoms with van der Waals surface area (Å²) in [5.41, 5.74) is 8.24. The van der Waals surface area contributed by atoms with Crippen molar-refractivity contribution in [1.29, 1.82) is 0 Å². The molecule has 0 saturated heterocycles. The van der Waals surface area contributed by atoms with E-state index in [2.05, 4.69) is 51.4 Å². The average Bonchev–Trinajstić information content (AvgIpc) is 3.08. The molecule has 1 heterocycles. The molecule has 0 unspecified atom stereocenters. The number of hydrogen-bond donors (Lipinski definition) is 1. The summed E-state index contributed by atoms with van der Waals surface area (Å²) in [5.74, 6) is 1.37. The van der Waals surface area contributed by atoms with Crippen molar-refractivity contribution in [2.75, 3.05) is 19.6 Å². The molecule has 0 aliphatic carbocycles. The van der Waals surface area contributed by atoms with Crippen molar-refractivity contribution in [3.63, 3.8) is 0 Å². The maximum absolute atomic E-state index is 5.75. The van der Waals surface area contributed by atoms with E-state index in [0.717, 1.165) is 19.5 Å². The molecule has 0 spiro atoms. The van der Waals surface area contributed by atoms with Gasteiger partial charge in [-0.15, -0.1) is 12.4 Å². The van der Waals surface area contributed by atoms with Crippen molar-refractivity contribution in [2.45, 2.75) is 19.4 Å². The van der Waals surface area contributed by atoms with Crippen LogP contribution in [0.5, 0.6) is 0 Å². The second-order valence-electron chi connectivity index (χ2n) is 6.07. The molecular weight excluding hydrogens is 348 g/mol. The van der Waals surface area contributed by atoms with E-state index in [4.69, 9.17) is 10.3 Å². The standard InChI is InChI=1S/C20H24N4O.ClH/c21-12-14-24(13-11-17-7-3-1-4-8-17)16-19-22-20(25-23-19)15-18-9-5-2-6-10-18;/h1-10H,11-16,21H2;1H. The predicted molar refractivity (Wildman–Crippen MR) is 105 cm³/mol. The third kappa shape index (κ3) is 6.26. The van der Waals surface area contributed by atoms with Gasteiger partial charge >= 0.3 is 0 Å². The van der Waals surface area contributed by atoms with Gasteiger partial charge < -0.3 is 10.3 Å². The van der Waals surface area contributed by atoms with Crippen molar-refractivity contribution >= 4 is 12.4 Å². The van der Waals surface area contributed by atoms with E-state index in [9.17, 15) is 0 Å². The Morgan fingerprint density at radius 1 is 0.885 bits per heavy atom. The van der Waals surface area contributed by atoms with Crippen LogP contribution in [0.25, 0.3) is 0 Å². The highest BCUT2D eigenvalue weighted by Crippen LogP contribution is 2.09. The highest BCUT2D eigenvalue weighted by atomic mass is 35.5. The van der Waals surface area contributed by atoms with Gasteiger partial charge in [0.05, 0.1) is 13.0 Å². The molecule has 0 saturated carbocycles. The molecule has 5 nitrogen and oxygen atoms in total. The fourth-order valence-electron chi connectivity index (χ4n) is 2.78. The van der Waals surface area contributed by atoms with Crippen LogP contribution in [0.2, 0.25) is 0 Å². The van der Waals surface area contributed by atoms with E-state index in [-0.39, 0.29) is 12.4 Å². The lowest BCUT2D eigenvalue weighted by atomic mass is 10.1. The molecule has 3 rings (SSSR count). The average molecular weight is 373 g/mol. The van der Waals surface area contributed by atoms with Crippen LogP contribution in [0, 0.1) is 0 Å². The fraction of sp³-hybridized carbons (Fsp3) is 0.300. The normalized spacial score (nSPS) is 10.7. The summed E-state index contributed by atoms with van der Waals surface area (Å²) in [7, 11) is 0. The van der Waals surface area contributed by atoms with Crippen LogP contribution in [0.15, 0.2) is 65.2 Å². The lowest BCUT2D eigenvalue weighted by molar-refractivity contribution is 0.264. The van der Waals surface area contributed by atoms with Crippen LogP contribution in [0.4, 0.5) is 0 Å². The molecular formula is C20H25ClN4O. The molecule has 2 N–H and O–H groups in total.